The van der Waals surface area contributed by atoms with Crippen LogP contribution in [0.3, 0.4) is 0 Å². The Morgan fingerprint density at radius 2 is 2.32 bits per heavy atom. The van der Waals surface area contributed by atoms with Crippen LogP contribution in [0.1, 0.15) is 11.3 Å². The van der Waals surface area contributed by atoms with Gasteiger partial charge in [0.2, 0.25) is 0 Å². The summed E-state index contributed by atoms with van der Waals surface area (Å²) in [4.78, 5) is 10.7. The van der Waals surface area contributed by atoms with E-state index in [-0.39, 0.29) is 6.42 Å². The number of carboxylic acids is 1. The third-order valence-electron chi connectivity index (χ3n) is 2.69. The first-order chi connectivity index (χ1) is 8.97. The van der Waals surface area contributed by atoms with E-state index in [1.54, 1.807) is 10.9 Å². The van der Waals surface area contributed by atoms with Gasteiger partial charge in [-0.1, -0.05) is 21.1 Å². The van der Waals surface area contributed by atoms with Gasteiger partial charge in [0.15, 0.2) is 0 Å². The molecule has 1 aromatic heterocycles. The molecule has 6 nitrogen and oxygen atoms in total. The van der Waals surface area contributed by atoms with Crippen molar-refractivity contribution in [1.29, 1.82) is 0 Å². The highest BCUT2D eigenvalue weighted by atomic mass is 79.9. The second-order valence-electron chi connectivity index (χ2n) is 4.23. The van der Waals surface area contributed by atoms with Crippen molar-refractivity contribution < 1.29 is 9.90 Å². The van der Waals surface area contributed by atoms with E-state index in [4.69, 9.17) is 10.8 Å². The zero-order valence-corrected chi connectivity index (χ0v) is 11.8. The summed E-state index contributed by atoms with van der Waals surface area (Å²) in [5, 5.41) is 16.7. The maximum Gasteiger partial charge on any atom is 0.320 e. The summed E-state index contributed by atoms with van der Waals surface area (Å²) >= 11 is 3.40. The van der Waals surface area contributed by atoms with Gasteiger partial charge in [-0.15, -0.1) is 5.10 Å². The lowest BCUT2D eigenvalue weighted by Gasteiger charge is -2.05. The molecule has 0 aliphatic carbocycles. The highest BCUT2D eigenvalue weighted by Gasteiger charge is 2.15. The smallest absolute Gasteiger partial charge is 0.320 e. The number of aryl methyl sites for hydroxylation is 1. The fourth-order valence-corrected chi connectivity index (χ4v) is 2.17. The summed E-state index contributed by atoms with van der Waals surface area (Å²) in [6.45, 7) is 1.96. The van der Waals surface area contributed by atoms with Gasteiger partial charge < -0.3 is 10.8 Å². The number of nitrogens with zero attached hydrogens (tertiary/aromatic N) is 3. The normalized spacial score (nSPS) is 12.4. The lowest BCUT2D eigenvalue weighted by molar-refractivity contribution is -0.138. The Morgan fingerprint density at radius 3 is 2.95 bits per heavy atom. The van der Waals surface area contributed by atoms with E-state index >= 15 is 0 Å². The van der Waals surface area contributed by atoms with Crippen LogP contribution in [0, 0.1) is 6.92 Å². The van der Waals surface area contributed by atoms with Crippen LogP contribution < -0.4 is 5.73 Å². The van der Waals surface area contributed by atoms with Gasteiger partial charge in [0, 0.05) is 10.9 Å². The van der Waals surface area contributed by atoms with Crippen molar-refractivity contribution in [3.8, 4) is 5.69 Å². The van der Waals surface area contributed by atoms with E-state index in [1.165, 1.54) is 0 Å². The van der Waals surface area contributed by atoms with Crippen molar-refractivity contribution in [1.82, 2.24) is 15.0 Å². The molecule has 0 bridgehead atoms. The molecule has 0 radical (unpaired) electrons. The number of rotatable bonds is 4. The van der Waals surface area contributed by atoms with Gasteiger partial charge in [0.1, 0.15) is 6.04 Å². The Kier molecular flexibility index (Phi) is 3.96. The molecule has 0 aliphatic heterocycles. The zero-order valence-electron chi connectivity index (χ0n) is 10.2. The summed E-state index contributed by atoms with van der Waals surface area (Å²) in [7, 11) is 0. The average Bonchev–Trinajstić information content (AvgIpc) is 2.77. The van der Waals surface area contributed by atoms with Crippen molar-refractivity contribution in [2.24, 2.45) is 5.73 Å². The number of carbonyl (C=O) groups is 1. The van der Waals surface area contributed by atoms with Crippen LogP contribution in [0.5, 0.6) is 0 Å². The summed E-state index contributed by atoms with van der Waals surface area (Å²) in [5.74, 6) is -1.05. The molecule has 2 aromatic rings. The van der Waals surface area contributed by atoms with Gasteiger partial charge in [-0.25, -0.2) is 4.68 Å². The predicted octanol–water partition coefficient (Wildman–Crippen LogP) is 1.29. The predicted molar refractivity (Wildman–Crippen MR) is 73.1 cm³/mol. The van der Waals surface area contributed by atoms with Gasteiger partial charge in [0.25, 0.3) is 0 Å². The first kappa shape index (κ1) is 13.7. The molecular formula is C12H13BrN4O2. The van der Waals surface area contributed by atoms with E-state index in [0.29, 0.717) is 5.69 Å². The number of halogens is 1. The van der Waals surface area contributed by atoms with E-state index in [9.17, 15) is 4.79 Å². The SMILES string of the molecule is Cc1cc(Br)ccc1-n1cc(CC(N)C(=O)O)nn1. The molecule has 100 valence electrons. The largest absolute Gasteiger partial charge is 0.480 e. The standard InChI is InChI=1S/C12H13BrN4O2/c1-7-4-8(13)2-3-11(7)17-6-9(15-16-17)5-10(14)12(18)19/h2-4,6,10H,5,14H2,1H3,(H,18,19). The molecule has 7 heteroatoms. The van der Waals surface area contributed by atoms with Crippen LogP contribution >= 0.6 is 15.9 Å². The van der Waals surface area contributed by atoms with Gasteiger partial charge in [-0.2, -0.15) is 0 Å². The van der Waals surface area contributed by atoms with E-state index in [1.807, 2.05) is 25.1 Å². The lowest BCUT2D eigenvalue weighted by Crippen LogP contribution is -2.32. The topological polar surface area (TPSA) is 94.0 Å². The molecule has 19 heavy (non-hydrogen) atoms. The van der Waals surface area contributed by atoms with E-state index < -0.39 is 12.0 Å². The average molecular weight is 325 g/mol. The van der Waals surface area contributed by atoms with Crippen molar-refractivity contribution in [2.45, 2.75) is 19.4 Å². The van der Waals surface area contributed by atoms with Crippen LogP contribution in [0.25, 0.3) is 5.69 Å². The molecule has 3 N–H and O–H groups in total. The van der Waals surface area contributed by atoms with Gasteiger partial charge >= 0.3 is 5.97 Å². The van der Waals surface area contributed by atoms with Crippen molar-refractivity contribution in [3.63, 3.8) is 0 Å². The van der Waals surface area contributed by atoms with E-state index in [0.717, 1.165) is 15.7 Å². The summed E-state index contributed by atoms with van der Waals surface area (Å²) in [6, 6.07) is 4.83. The quantitative estimate of drug-likeness (QED) is 0.883. The maximum atomic E-state index is 10.7. The first-order valence-electron chi connectivity index (χ1n) is 5.63. The monoisotopic (exact) mass is 324 g/mol. The number of aliphatic carboxylic acids is 1. The molecule has 0 saturated heterocycles. The Hall–Kier alpha value is -1.73. The number of hydrogen-bond donors (Lipinski definition) is 2. The van der Waals surface area contributed by atoms with Crippen LogP contribution in [-0.4, -0.2) is 32.1 Å². The summed E-state index contributed by atoms with van der Waals surface area (Å²) in [5.41, 5.74) is 7.95. The minimum atomic E-state index is -1.05. The molecular weight excluding hydrogens is 312 g/mol. The molecule has 2 rings (SSSR count). The van der Waals surface area contributed by atoms with Gasteiger partial charge in [-0.05, 0) is 30.7 Å². The maximum absolute atomic E-state index is 10.7. The van der Waals surface area contributed by atoms with Crippen molar-refractivity contribution in [3.05, 3.63) is 40.1 Å². The first-order valence-corrected chi connectivity index (χ1v) is 6.43. The van der Waals surface area contributed by atoms with E-state index in [2.05, 4.69) is 26.2 Å². The molecule has 0 spiro atoms. The van der Waals surface area contributed by atoms with Gasteiger partial charge in [0.05, 0.1) is 17.6 Å². The number of aromatic nitrogens is 3. The van der Waals surface area contributed by atoms with Crippen molar-refractivity contribution in [2.75, 3.05) is 0 Å². The fourth-order valence-electron chi connectivity index (χ4n) is 1.70. The fraction of sp³-hybridized carbons (Fsp3) is 0.250. The van der Waals surface area contributed by atoms with Crippen LogP contribution in [0.4, 0.5) is 0 Å². The molecule has 1 atom stereocenters. The lowest BCUT2D eigenvalue weighted by atomic mass is 10.2. The Bertz CT molecular complexity index is 612. The second-order valence-corrected chi connectivity index (χ2v) is 5.15. The third kappa shape index (κ3) is 3.18. The Labute approximate surface area is 118 Å². The minimum Gasteiger partial charge on any atom is -0.480 e. The molecule has 0 aliphatic rings. The van der Waals surface area contributed by atoms with Crippen molar-refractivity contribution >= 4 is 21.9 Å². The molecule has 0 fully saturated rings. The van der Waals surface area contributed by atoms with Crippen LogP contribution in [-0.2, 0) is 11.2 Å². The molecule has 1 aromatic carbocycles. The highest BCUT2D eigenvalue weighted by molar-refractivity contribution is 9.10. The molecule has 0 amide bonds. The second kappa shape index (κ2) is 5.50. The van der Waals surface area contributed by atoms with Crippen LogP contribution in [0.15, 0.2) is 28.9 Å². The third-order valence-corrected chi connectivity index (χ3v) is 3.19. The molecule has 1 unspecified atom stereocenters. The number of hydrogen-bond acceptors (Lipinski definition) is 4. The summed E-state index contributed by atoms with van der Waals surface area (Å²) in [6.07, 6.45) is 1.85. The van der Waals surface area contributed by atoms with Crippen LogP contribution in [0.2, 0.25) is 0 Å². The Balaban J connectivity index is 2.23. The number of carboxylic acid groups (broad SMARTS) is 1. The number of benzene rings is 1. The summed E-state index contributed by atoms with van der Waals surface area (Å²) < 4.78 is 2.60. The highest BCUT2D eigenvalue weighted by Crippen LogP contribution is 2.18. The minimum absolute atomic E-state index is 0.158. The Morgan fingerprint density at radius 1 is 1.58 bits per heavy atom. The molecule has 1 heterocycles. The van der Waals surface area contributed by atoms with Gasteiger partial charge in [-0.3, -0.25) is 4.79 Å². The zero-order chi connectivity index (χ0) is 14.0. The number of nitrogens with two attached hydrogens (primary N) is 1. The molecule has 0 saturated carbocycles.